The molecule has 2 rings (SSSR count). The summed E-state index contributed by atoms with van der Waals surface area (Å²) in [5.74, 6) is -0.671. The number of amides is 2. The molecule has 0 spiro atoms. The Balaban J connectivity index is 1.87. The molecular formula is C18H18BrFN2O2. The number of nitrogens with one attached hydrogen (secondary N) is 1. The second-order valence-corrected chi connectivity index (χ2v) is 6.22. The van der Waals surface area contributed by atoms with Crippen LogP contribution in [0.2, 0.25) is 0 Å². The number of rotatable bonds is 6. The SMILES string of the molecule is CC(=O)N(CCNC(=O)Cc1cccc(F)c1)c1ccc(Br)cc1. The number of carbonyl (C=O) groups excluding carboxylic acids is 2. The van der Waals surface area contributed by atoms with E-state index in [0.717, 1.165) is 10.2 Å². The molecule has 126 valence electrons. The number of benzene rings is 2. The van der Waals surface area contributed by atoms with E-state index in [4.69, 9.17) is 0 Å². The third-order valence-corrected chi connectivity index (χ3v) is 3.96. The maximum Gasteiger partial charge on any atom is 0.224 e. The van der Waals surface area contributed by atoms with Crippen molar-refractivity contribution in [3.05, 3.63) is 64.4 Å². The van der Waals surface area contributed by atoms with Gasteiger partial charge in [-0.3, -0.25) is 9.59 Å². The zero-order chi connectivity index (χ0) is 17.5. The fourth-order valence-electron chi connectivity index (χ4n) is 2.29. The molecule has 0 saturated heterocycles. The molecule has 6 heteroatoms. The van der Waals surface area contributed by atoms with E-state index in [2.05, 4.69) is 21.2 Å². The van der Waals surface area contributed by atoms with Crippen LogP contribution in [0, 0.1) is 5.82 Å². The van der Waals surface area contributed by atoms with Crippen LogP contribution in [0.25, 0.3) is 0 Å². The van der Waals surface area contributed by atoms with Gasteiger partial charge in [-0.05, 0) is 42.0 Å². The first-order chi connectivity index (χ1) is 11.5. The monoisotopic (exact) mass is 392 g/mol. The van der Waals surface area contributed by atoms with Crippen LogP contribution in [-0.2, 0) is 16.0 Å². The lowest BCUT2D eigenvalue weighted by Gasteiger charge is -2.21. The molecule has 0 atom stereocenters. The predicted octanol–water partition coefficient (Wildman–Crippen LogP) is 3.30. The van der Waals surface area contributed by atoms with Crippen molar-refractivity contribution in [2.45, 2.75) is 13.3 Å². The highest BCUT2D eigenvalue weighted by Gasteiger charge is 2.12. The number of carbonyl (C=O) groups is 2. The molecule has 0 saturated carbocycles. The molecule has 1 N–H and O–H groups in total. The minimum Gasteiger partial charge on any atom is -0.354 e. The highest BCUT2D eigenvalue weighted by Crippen LogP contribution is 2.18. The summed E-state index contributed by atoms with van der Waals surface area (Å²) in [4.78, 5) is 25.3. The number of hydrogen-bond acceptors (Lipinski definition) is 2. The van der Waals surface area contributed by atoms with Crippen molar-refractivity contribution in [3.8, 4) is 0 Å². The van der Waals surface area contributed by atoms with E-state index < -0.39 is 0 Å². The van der Waals surface area contributed by atoms with E-state index >= 15 is 0 Å². The molecule has 4 nitrogen and oxygen atoms in total. The first kappa shape index (κ1) is 18.1. The largest absolute Gasteiger partial charge is 0.354 e. The minimum absolute atomic E-state index is 0.100. The summed E-state index contributed by atoms with van der Waals surface area (Å²) in [7, 11) is 0. The fraction of sp³-hybridized carbons (Fsp3) is 0.222. The maximum absolute atomic E-state index is 13.1. The van der Waals surface area contributed by atoms with Gasteiger partial charge >= 0.3 is 0 Å². The summed E-state index contributed by atoms with van der Waals surface area (Å²) in [6, 6.07) is 13.3. The van der Waals surface area contributed by atoms with Crippen LogP contribution >= 0.6 is 15.9 Å². The fourth-order valence-corrected chi connectivity index (χ4v) is 2.56. The van der Waals surface area contributed by atoms with Crippen LogP contribution in [0.1, 0.15) is 12.5 Å². The molecule has 0 heterocycles. The summed E-state index contributed by atoms with van der Waals surface area (Å²) < 4.78 is 14.0. The highest BCUT2D eigenvalue weighted by molar-refractivity contribution is 9.10. The zero-order valence-electron chi connectivity index (χ0n) is 13.3. The standard InChI is InChI=1S/C18H18BrFN2O2/c1-13(23)22(17-7-5-15(19)6-8-17)10-9-21-18(24)12-14-3-2-4-16(20)11-14/h2-8,11H,9-10,12H2,1H3,(H,21,24). The Hall–Kier alpha value is -2.21. The average Bonchev–Trinajstić information content (AvgIpc) is 2.52. The van der Waals surface area contributed by atoms with Gasteiger partial charge in [-0.25, -0.2) is 4.39 Å². The lowest BCUT2D eigenvalue weighted by atomic mass is 10.1. The molecule has 0 fully saturated rings. The van der Waals surface area contributed by atoms with Gasteiger partial charge in [-0.1, -0.05) is 28.1 Å². The number of halogens is 2. The molecule has 0 unspecified atom stereocenters. The van der Waals surface area contributed by atoms with Gasteiger partial charge in [-0.15, -0.1) is 0 Å². The summed E-state index contributed by atoms with van der Waals surface area (Å²) in [5, 5.41) is 2.75. The van der Waals surface area contributed by atoms with Crippen LogP contribution < -0.4 is 10.2 Å². The van der Waals surface area contributed by atoms with E-state index in [1.807, 2.05) is 24.3 Å². The lowest BCUT2D eigenvalue weighted by molar-refractivity contribution is -0.121. The molecule has 2 aromatic carbocycles. The van der Waals surface area contributed by atoms with Crippen molar-refractivity contribution in [2.24, 2.45) is 0 Å². The number of nitrogens with zero attached hydrogens (tertiary/aromatic N) is 1. The Labute approximate surface area is 148 Å². The van der Waals surface area contributed by atoms with Gasteiger partial charge in [-0.2, -0.15) is 0 Å². The maximum atomic E-state index is 13.1. The van der Waals surface area contributed by atoms with Crippen molar-refractivity contribution >= 4 is 33.4 Å². The third kappa shape index (κ3) is 5.45. The molecule has 24 heavy (non-hydrogen) atoms. The minimum atomic E-state index is -0.363. The van der Waals surface area contributed by atoms with E-state index in [1.54, 1.807) is 17.0 Å². The molecule has 0 aliphatic rings. The van der Waals surface area contributed by atoms with Crippen molar-refractivity contribution in [3.63, 3.8) is 0 Å². The van der Waals surface area contributed by atoms with Gasteiger partial charge in [0.05, 0.1) is 6.42 Å². The van der Waals surface area contributed by atoms with Gasteiger partial charge in [0.25, 0.3) is 0 Å². The van der Waals surface area contributed by atoms with E-state index in [-0.39, 0.29) is 24.1 Å². The van der Waals surface area contributed by atoms with Crippen LogP contribution in [0.4, 0.5) is 10.1 Å². The molecule has 0 aliphatic carbocycles. The van der Waals surface area contributed by atoms with Crippen molar-refractivity contribution in [1.82, 2.24) is 5.32 Å². The van der Waals surface area contributed by atoms with Gasteiger partial charge in [0.15, 0.2) is 0 Å². The second kappa shape index (κ2) is 8.59. The van der Waals surface area contributed by atoms with Gasteiger partial charge < -0.3 is 10.2 Å². The molecule has 2 aromatic rings. The smallest absolute Gasteiger partial charge is 0.224 e. The van der Waals surface area contributed by atoms with Crippen LogP contribution in [0.3, 0.4) is 0 Å². The lowest BCUT2D eigenvalue weighted by Crippen LogP contribution is -2.38. The van der Waals surface area contributed by atoms with Crippen molar-refractivity contribution in [2.75, 3.05) is 18.0 Å². The molecule has 2 amide bonds. The van der Waals surface area contributed by atoms with Crippen molar-refractivity contribution < 1.29 is 14.0 Å². The Morgan fingerprint density at radius 2 is 1.88 bits per heavy atom. The topological polar surface area (TPSA) is 49.4 Å². The Morgan fingerprint density at radius 3 is 2.50 bits per heavy atom. The Bertz CT molecular complexity index is 719. The van der Waals surface area contributed by atoms with Crippen LogP contribution in [0.5, 0.6) is 0 Å². The molecule has 0 aromatic heterocycles. The summed E-state index contributed by atoms with van der Waals surface area (Å²) in [5.41, 5.74) is 1.38. The van der Waals surface area contributed by atoms with Gasteiger partial charge in [0, 0.05) is 30.2 Å². The molecule has 0 aliphatic heterocycles. The van der Waals surface area contributed by atoms with Crippen LogP contribution in [-0.4, -0.2) is 24.9 Å². The summed E-state index contributed by atoms with van der Waals surface area (Å²) >= 11 is 3.35. The quantitative estimate of drug-likeness (QED) is 0.819. The zero-order valence-corrected chi connectivity index (χ0v) is 14.8. The van der Waals surface area contributed by atoms with E-state index in [9.17, 15) is 14.0 Å². The van der Waals surface area contributed by atoms with Gasteiger partial charge in [0.1, 0.15) is 5.82 Å². The first-order valence-corrected chi connectivity index (χ1v) is 8.30. The molecule has 0 radical (unpaired) electrons. The van der Waals surface area contributed by atoms with Gasteiger partial charge in [0.2, 0.25) is 11.8 Å². The number of hydrogen-bond donors (Lipinski definition) is 1. The normalized spacial score (nSPS) is 10.3. The Kier molecular flexibility index (Phi) is 6.49. The molecule has 0 bridgehead atoms. The average molecular weight is 393 g/mol. The second-order valence-electron chi connectivity index (χ2n) is 5.30. The third-order valence-electron chi connectivity index (χ3n) is 3.43. The van der Waals surface area contributed by atoms with Crippen molar-refractivity contribution in [1.29, 1.82) is 0 Å². The molecular weight excluding hydrogens is 375 g/mol. The summed E-state index contributed by atoms with van der Waals surface area (Å²) in [6.07, 6.45) is 0.107. The van der Waals surface area contributed by atoms with Crippen LogP contribution in [0.15, 0.2) is 53.0 Å². The Morgan fingerprint density at radius 1 is 1.17 bits per heavy atom. The van der Waals surface area contributed by atoms with E-state index in [1.165, 1.54) is 19.1 Å². The van der Waals surface area contributed by atoms with E-state index in [0.29, 0.717) is 18.7 Å². The first-order valence-electron chi connectivity index (χ1n) is 7.50. The predicted molar refractivity (Wildman–Crippen MR) is 95.3 cm³/mol. The summed E-state index contributed by atoms with van der Waals surface area (Å²) in [6.45, 7) is 2.17. The highest BCUT2D eigenvalue weighted by atomic mass is 79.9. The number of anilines is 1.